The van der Waals surface area contributed by atoms with E-state index in [4.69, 9.17) is 5.73 Å². The SMILES string of the molecule is CCN(CC)CCNC(C(N)=O)c1ccc(Br)cc1F. The third-order valence-corrected chi connectivity index (χ3v) is 3.72. The van der Waals surface area contributed by atoms with Crippen molar-refractivity contribution in [3.8, 4) is 0 Å². The number of rotatable bonds is 8. The van der Waals surface area contributed by atoms with Crippen LogP contribution in [0.3, 0.4) is 0 Å². The van der Waals surface area contributed by atoms with Crippen molar-refractivity contribution in [3.63, 3.8) is 0 Å². The quantitative estimate of drug-likeness (QED) is 0.758. The van der Waals surface area contributed by atoms with Gasteiger partial charge < -0.3 is 16.0 Å². The van der Waals surface area contributed by atoms with Crippen LogP contribution in [-0.4, -0.2) is 37.0 Å². The largest absolute Gasteiger partial charge is 0.368 e. The van der Waals surface area contributed by atoms with E-state index in [1.165, 1.54) is 6.07 Å². The van der Waals surface area contributed by atoms with Gasteiger partial charge in [0.1, 0.15) is 11.9 Å². The molecule has 0 aromatic heterocycles. The van der Waals surface area contributed by atoms with E-state index >= 15 is 0 Å². The molecule has 1 aromatic carbocycles. The lowest BCUT2D eigenvalue weighted by molar-refractivity contribution is -0.120. The van der Waals surface area contributed by atoms with Crippen LogP contribution in [-0.2, 0) is 4.79 Å². The van der Waals surface area contributed by atoms with Gasteiger partial charge in [-0.2, -0.15) is 0 Å². The maximum absolute atomic E-state index is 13.9. The van der Waals surface area contributed by atoms with Crippen LogP contribution in [0.15, 0.2) is 22.7 Å². The van der Waals surface area contributed by atoms with Crippen molar-refractivity contribution in [1.29, 1.82) is 0 Å². The fourth-order valence-corrected chi connectivity index (χ4v) is 2.34. The number of amides is 1. The molecule has 1 aromatic rings. The average molecular weight is 346 g/mol. The summed E-state index contributed by atoms with van der Waals surface area (Å²) in [7, 11) is 0. The number of nitrogens with one attached hydrogen (secondary N) is 1. The van der Waals surface area contributed by atoms with E-state index < -0.39 is 17.8 Å². The molecule has 1 unspecified atom stereocenters. The highest BCUT2D eigenvalue weighted by Gasteiger charge is 2.20. The standard InChI is InChI=1S/C14H21BrFN3O/c1-3-19(4-2)8-7-18-13(14(17)20)11-6-5-10(15)9-12(11)16/h5-6,9,13,18H,3-4,7-8H2,1-2H3,(H2,17,20). The fourth-order valence-electron chi connectivity index (χ4n) is 2.01. The molecular formula is C14H21BrFN3O. The molecule has 4 nitrogen and oxygen atoms in total. The summed E-state index contributed by atoms with van der Waals surface area (Å²) < 4.78 is 14.5. The van der Waals surface area contributed by atoms with E-state index in [0.29, 0.717) is 11.0 Å². The maximum atomic E-state index is 13.9. The number of halogens is 2. The van der Waals surface area contributed by atoms with E-state index in [9.17, 15) is 9.18 Å². The summed E-state index contributed by atoms with van der Waals surface area (Å²) in [4.78, 5) is 13.7. The Kier molecular flexibility index (Phi) is 7.12. The monoisotopic (exact) mass is 345 g/mol. The highest BCUT2D eigenvalue weighted by atomic mass is 79.9. The zero-order valence-electron chi connectivity index (χ0n) is 11.8. The molecule has 1 rings (SSSR count). The van der Waals surface area contributed by atoms with Crippen LogP contribution in [0, 0.1) is 5.82 Å². The summed E-state index contributed by atoms with van der Waals surface area (Å²) in [6, 6.07) is 3.79. The second-order valence-electron chi connectivity index (χ2n) is 4.48. The van der Waals surface area contributed by atoms with Gasteiger partial charge in [-0.05, 0) is 25.2 Å². The van der Waals surface area contributed by atoms with Gasteiger partial charge in [0.15, 0.2) is 0 Å². The third kappa shape index (κ3) is 4.85. The van der Waals surface area contributed by atoms with E-state index in [-0.39, 0.29) is 5.56 Å². The lowest BCUT2D eigenvalue weighted by atomic mass is 10.1. The highest BCUT2D eigenvalue weighted by Crippen LogP contribution is 2.21. The topological polar surface area (TPSA) is 58.4 Å². The summed E-state index contributed by atoms with van der Waals surface area (Å²) in [6.45, 7) is 7.38. The van der Waals surface area contributed by atoms with Crippen LogP contribution in [0.1, 0.15) is 25.5 Å². The minimum Gasteiger partial charge on any atom is -0.368 e. The second-order valence-corrected chi connectivity index (χ2v) is 5.40. The van der Waals surface area contributed by atoms with Crippen molar-refractivity contribution in [2.24, 2.45) is 5.73 Å². The molecular weight excluding hydrogens is 325 g/mol. The van der Waals surface area contributed by atoms with Gasteiger partial charge in [-0.1, -0.05) is 35.8 Å². The molecule has 0 saturated heterocycles. The van der Waals surface area contributed by atoms with Crippen LogP contribution in [0.25, 0.3) is 0 Å². The zero-order valence-corrected chi connectivity index (χ0v) is 13.4. The first kappa shape index (κ1) is 17.1. The second kappa shape index (κ2) is 8.34. The molecule has 0 bridgehead atoms. The first-order chi connectivity index (χ1) is 9.49. The van der Waals surface area contributed by atoms with E-state index in [2.05, 4.69) is 40.0 Å². The number of nitrogens with zero attached hydrogens (tertiary/aromatic N) is 1. The van der Waals surface area contributed by atoms with Gasteiger partial charge in [0, 0.05) is 23.1 Å². The van der Waals surface area contributed by atoms with Crippen molar-refractivity contribution < 1.29 is 9.18 Å². The molecule has 112 valence electrons. The Morgan fingerprint density at radius 3 is 2.60 bits per heavy atom. The Bertz CT molecular complexity index is 452. The summed E-state index contributed by atoms with van der Waals surface area (Å²) in [6.07, 6.45) is 0. The summed E-state index contributed by atoms with van der Waals surface area (Å²) in [5.41, 5.74) is 5.64. The minimum atomic E-state index is -0.807. The number of primary amides is 1. The van der Waals surface area contributed by atoms with Gasteiger partial charge in [-0.15, -0.1) is 0 Å². The van der Waals surface area contributed by atoms with Crippen LogP contribution < -0.4 is 11.1 Å². The first-order valence-electron chi connectivity index (χ1n) is 6.69. The minimum absolute atomic E-state index is 0.278. The number of carbonyl (C=O) groups is 1. The Hall–Kier alpha value is -0.980. The van der Waals surface area contributed by atoms with Gasteiger partial charge in [0.2, 0.25) is 5.91 Å². The van der Waals surface area contributed by atoms with Gasteiger partial charge in [-0.25, -0.2) is 4.39 Å². The van der Waals surface area contributed by atoms with Gasteiger partial charge in [-0.3, -0.25) is 4.79 Å². The van der Waals surface area contributed by atoms with Crippen molar-refractivity contribution in [1.82, 2.24) is 10.2 Å². The normalized spacial score (nSPS) is 12.7. The molecule has 0 fully saturated rings. The molecule has 0 heterocycles. The third-order valence-electron chi connectivity index (χ3n) is 3.23. The van der Waals surface area contributed by atoms with Crippen LogP contribution in [0.2, 0.25) is 0 Å². The van der Waals surface area contributed by atoms with Gasteiger partial charge in [0.05, 0.1) is 0 Å². The van der Waals surface area contributed by atoms with Crippen LogP contribution >= 0.6 is 15.9 Å². The number of hydrogen-bond donors (Lipinski definition) is 2. The molecule has 6 heteroatoms. The summed E-state index contributed by atoms with van der Waals surface area (Å²) >= 11 is 3.19. The zero-order chi connectivity index (χ0) is 15.1. The van der Waals surface area contributed by atoms with Crippen molar-refractivity contribution in [3.05, 3.63) is 34.1 Å². The predicted molar refractivity (Wildman–Crippen MR) is 81.8 cm³/mol. The number of likely N-dealkylation sites (N-methyl/N-ethyl adjacent to an activating group) is 1. The molecule has 1 atom stereocenters. The summed E-state index contributed by atoms with van der Waals surface area (Å²) in [5.74, 6) is -1.02. The van der Waals surface area contributed by atoms with Crippen LogP contribution in [0.5, 0.6) is 0 Å². The lowest BCUT2D eigenvalue weighted by Crippen LogP contribution is -2.39. The highest BCUT2D eigenvalue weighted by molar-refractivity contribution is 9.10. The molecule has 20 heavy (non-hydrogen) atoms. The average Bonchev–Trinajstić information content (AvgIpc) is 2.40. The Labute approximate surface area is 127 Å². The number of benzene rings is 1. The Balaban J connectivity index is 2.72. The van der Waals surface area contributed by atoms with Crippen molar-refractivity contribution in [2.75, 3.05) is 26.2 Å². The predicted octanol–water partition coefficient (Wildman–Crippen LogP) is 2.05. The van der Waals surface area contributed by atoms with E-state index in [0.717, 1.165) is 19.6 Å². The van der Waals surface area contributed by atoms with Crippen molar-refractivity contribution >= 4 is 21.8 Å². The molecule has 0 spiro atoms. The molecule has 3 N–H and O–H groups in total. The lowest BCUT2D eigenvalue weighted by Gasteiger charge is -2.21. The Morgan fingerprint density at radius 1 is 1.45 bits per heavy atom. The molecule has 0 saturated carbocycles. The summed E-state index contributed by atoms with van der Waals surface area (Å²) in [5, 5.41) is 3.02. The number of hydrogen-bond acceptors (Lipinski definition) is 3. The van der Waals surface area contributed by atoms with Crippen molar-refractivity contribution in [2.45, 2.75) is 19.9 Å². The van der Waals surface area contributed by atoms with E-state index in [1.807, 2.05) is 0 Å². The number of nitrogens with two attached hydrogens (primary N) is 1. The molecule has 0 aliphatic heterocycles. The molecule has 0 radical (unpaired) electrons. The molecule has 0 aliphatic rings. The van der Waals surface area contributed by atoms with Gasteiger partial charge >= 0.3 is 0 Å². The van der Waals surface area contributed by atoms with E-state index in [1.54, 1.807) is 12.1 Å². The first-order valence-corrected chi connectivity index (χ1v) is 7.48. The van der Waals surface area contributed by atoms with Crippen LogP contribution in [0.4, 0.5) is 4.39 Å². The maximum Gasteiger partial charge on any atom is 0.239 e. The molecule has 1 amide bonds. The number of carbonyl (C=O) groups excluding carboxylic acids is 1. The molecule has 0 aliphatic carbocycles. The Morgan fingerprint density at radius 2 is 2.10 bits per heavy atom. The smallest absolute Gasteiger partial charge is 0.239 e. The fraction of sp³-hybridized carbons (Fsp3) is 0.500. The van der Waals surface area contributed by atoms with Gasteiger partial charge in [0.25, 0.3) is 0 Å².